The quantitative estimate of drug-likeness (QED) is 0.757. The lowest BCUT2D eigenvalue weighted by atomic mass is 10.1. The summed E-state index contributed by atoms with van der Waals surface area (Å²) in [5.74, 6) is 0.689. The minimum Gasteiger partial charge on any atom is -0.497 e. The third kappa shape index (κ3) is 4.52. The topological polar surface area (TPSA) is 88.2 Å². The zero-order valence-corrected chi connectivity index (χ0v) is 18.2. The van der Waals surface area contributed by atoms with Gasteiger partial charge in [-0.15, -0.1) is 0 Å². The van der Waals surface area contributed by atoms with Gasteiger partial charge in [-0.1, -0.05) is 25.1 Å². The van der Waals surface area contributed by atoms with Crippen molar-refractivity contribution in [3.8, 4) is 11.5 Å². The van der Waals surface area contributed by atoms with Gasteiger partial charge in [-0.25, -0.2) is 13.2 Å². The molecule has 30 heavy (non-hydrogen) atoms. The van der Waals surface area contributed by atoms with Gasteiger partial charge in [0.15, 0.2) is 0 Å². The summed E-state index contributed by atoms with van der Waals surface area (Å²) < 4.78 is 38.1. The molecule has 0 bridgehead atoms. The molecule has 1 heterocycles. The highest BCUT2D eigenvalue weighted by molar-refractivity contribution is 7.89. The van der Waals surface area contributed by atoms with Crippen LogP contribution in [-0.4, -0.2) is 64.1 Å². The van der Waals surface area contributed by atoms with Gasteiger partial charge >= 0.3 is 6.03 Å². The van der Waals surface area contributed by atoms with Crippen LogP contribution in [0.1, 0.15) is 12.5 Å². The molecule has 1 aliphatic rings. The number of hydrogen-bond donors (Lipinski definition) is 1. The van der Waals surface area contributed by atoms with Crippen LogP contribution in [0.15, 0.2) is 47.4 Å². The SMILES string of the molecule is CCc1ccccc1NC(=O)N1CCN(S(=O)(=O)c2cc(OC)ccc2OC)CC1. The highest BCUT2D eigenvalue weighted by Gasteiger charge is 2.32. The van der Waals surface area contributed by atoms with Crippen molar-refractivity contribution in [2.75, 3.05) is 45.7 Å². The number of aryl methyl sites for hydroxylation is 1. The smallest absolute Gasteiger partial charge is 0.321 e. The zero-order chi connectivity index (χ0) is 21.7. The number of carbonyl (C=O) groups excluding carboxylic acids is 1. The summed E-state index contributed by atoms with van der Waals surface area (Å²) in [5, 5.41) is 2.93. The molecule has 8 nitrogen and oxygen atoms in total. The van der Waals surface area contributed by atoms with Gasteiger partial charge in [0.05, 0.1) is 14.2 Å². The third-order valence-corrected chi connectivity index (χ3v) is 7.07. The summed E-state index contributed by atoms with van der Waals surface area (Å²) in [6.45, 7) is 3.02. The van der Waals surface area contributed by atoms with E-state index in [0.29, 0.717) is 18.8 Å². The number of nitrogens with one attached hydrogen (secondary N) is 1. The number of hydrogen-bond acceptors (Lipinski definition) is 5. The Morgan fingerprint density at radius 1 is 1.03 bits per heavy atom. The van der Waals surface area contributed by atoms with Gasteiger partial charge in [-0.3, -0.25) is 0 Å². The molecule has 1 fully saturated rings. The van der Waals surface area contributed by atoms with Gasteiger partial charge in [-0.05, 0) is 30.2 Å². The Hall–Kier alpha value is -2.78. The standard InChI is InChI=1S/C21H27N3O5S/c1-4-16-7-5-6-8-18(16)22-21(25)23-11-13-24(14-12-23)30(26,27)20-15-17(28-2)9-10-19(20)29-3/h5-10,15H,4,11-14H2,1-3H3,(H,22,25). The van der Waals surface area contributed by atoms with E-state index < -0.39 is 10.0 Å². The van der Waals surface area contributed by atoms with E-state index in [2.05, 4.69) is 5.32 Å². The van der Waals surface area contributed by atoms with Crippen molar-refractivity contribution in [2.24, 2.45) is 0 Å². The number of nitrogens with zero attached hydrogens (tertiary/aromatic N) is 2. The number of rotatable bonds is 6. The van der Waals surface area contributed by atoms with Crippen molar-refractivity contribution in [3.63, 3.8) is 0 Å². The molecule has 1 saturated heterocycles. The first-order chi connectivity index (χ1) is 14.4. The maximum absolute atomic E-state index is 13.2. The van der Waals surface area contributed by atoms with Crippen LogP contribution in [0.25, 0.3) is 0 Å². The van der Waals surface area contributed by atoms with Gasteiger partial charge < -0.3 is 19.7 Å². The molecule has 0 saturated carbocycles. The summed E-state index contributed by atoms with van der Waals surface area (Å²) in [4.78, 5) is 14.3. The number of carbonyl (C=O) groups is 1. The van der Waals surface area contributed by atoms with Crippen LogP contribution in [-0.2, 0) is 16.4 Å². The molecule has 1 aliphatic heterocycles. The second kappa shape index (κ2) is 9.36. The lowest BCUT2D eigenvalue weighted by Crippen LogP contribution is -2.51. The van der Waals surface area contributed by atoms with Crippen LogP contribution in [0.3, 0.4) is 0 Å². The summed E-state index contributed by atoms with van der Waals surface area (Å²) in [7, 11) is -0.880. The molecule has 3 rings (SSSR count). The molecule has 9 heteroatoms. The van der Waals surface area contributed by atoms with Crippen LogP contribution in [0.4, 0.5) is 10.5 Å². The number of para-hydroxylation sites is 1. The average molecular weight is 434 g/mol. The van der Waals surface area contributed by atoms with Gasteiger partial charge in [0, 0.05) is 37.9 Å². The molecule has 2 aromatic rings. The lowest BCUT2D eigenvalue weighted by molar-refractivity contribution is 0.184. The van der Waals surface area contributed by atoms with Gasteiger partial charge in [0.1, 0.15) is 16.4 Å². The predicted molar refractivity (Wildman–Crippen MR) is 115 cm³/mol. The van der Waals surface area contributed by atoms with Crippen molar-refractivity contribution >= 4 is 21.7 Å². The van der Waals surface area contributed by atoms with E-state index in [0.717, 1.165) is 17.7 Å². The number of urea groups is 1. The van der Waals surface area contributed by atoms with Crippen molar-refractivity contribution in [1.82, 2.24) is 9.21 Å². The Bertz CT molecular complexity index is 1000. The first-order valence-electron chi connectivity index (χ1n) is 9.76. The molecule has 162 valence electrons. The zero-order valence-electron chi connectivity index (χ0n) is 17.4. The van der Waals surface area contributed by atoms with E-state index in [1.165, 1.54) is 24.6 Å². The normalized spacial score (nSPS) is 15.0. The number of benzene rings is 2. The van der Waals surface area contributed by atoms with Gasteiger partial charge in [0.2, 0.25) is 10.0 Å². The van der Waals surface area contributed by atoms with E-state index in [1.54, 1.807) is 17.0 Å². The molecular formula is C21H27N3O5S. The third-order valence-electron chi connectivity index (χ3n) is 5.15. The number of anilines is 1. The van der Waals surface area contributed by atoms with E-state index in [9.17, 15) is 13.2 Å². The molecule has 0 aromatic heterocycles. The van der Waals surface area contributed by atoms with E-state index in [1.807, 2.05) is 31.2 Å². The number of amides is 2. The Morgan fingerprint density at radius 2 is 1.73 bits per heavy atom. The summed E-state index contributed by atoms with van der Waals surface area (Å²) >= 11 is 0. The highest BCUT2D eigenvalue weighted by atomic mass is 32.2. The molecule has 0 spiro atoms. The van der Waals surface area contributed by atoms with Crippen molar-refractivity contribution in [1.29, 1.82) is 0 Å². The Morgan fingerprint density at radius 3 is 2.37 bits per heavy atom. The van der Waals surface area contributed by atoms with Crippen molar-refractivity contribution in [3.05, 3.63) is 48.0 Å². The van der Waals surface area contributed by atoms with Crippen LogP contribution < -0.4 is 14.8 Å². The second-order valence-electron chi connectivity index (χ2n) is 6.85. The monoisotopic (exact) mass is 433 g/mol. The summed E-state index contributed by atoms with van der Waals surface area (Å²) in [5.41, 5.74) is 1.83. The van der Waals surface area contributed by atoms with Gasteiger partial charge in [-0.2, -0.15) is 4.31 Å². The van der Waals surface area contributed by atoms with Crippen LogP contribution in [0.2, 0.25) is 0 Å². The van der Waals surface area contributed by atoms with E-state index >= 15 is 0 Å². The fourth-order valence-electron chi connectivity index (χ4n) is 3.40. The Kier molecular flexibility index (Phi) is 6.84. The molecule has 1 N–H and O–H groups in total. The largest absolute Gasteiger partial charge is 0.497 e. The molecule has 0 aliphatic carbocycles. The van der Waals surface area contributed by atoms with E-state index in [-0.39, 0.29) is 29.8 Å². The number of sulfonamides is 1. The fourth-order valence-corrected chi connectivity index (χ4v) is 4.99. The molecule has 2 aromatic carbocycles. The van der Waals surface area contributed by atoms with Gasteiger partial charge in [0.25, 0.3) is 0 Å². The Labute approximate surface area is 177 Å². The summed E-state index contributed by atoms with van der Waals surface area (Å²) in [6, 6.07) is 12.1. The maximum atomic E-state index is 13.2. The van der Waals surface area contributed by atoms with Crippen LogP contribution in [0.5, 0.6) is 11.5 Å². The molecule has 0 atom stereocenters. The van der Waals surface area contributed by atoms with E-state index in [4.69, 9.17) is 9.47 Å². The highest BCUT2D eigenvalue weighted by Crippen LogP contribution is 2.31. The Balaban J connectivity index is 1.70. The van der Waals surface area contributed by atoms with Crippen LogP contribution in [0, 0.1) is 0 Å². The minimum absolute atomic E-state index is 0.0547. The number of piperazine rings is 1. The predicted octanol–water partition coefficient (Wildman–Crippen LogP) is 2.80. The summed E-state index contributed by atoms with van der Waals surface area (Å²) in [6.07, 6.45) is 0.810. The second-order valence-corrected chi connectivity index (χ2v) is 8.76. The number of ether oxygens (including phenoxy) is 2. The van der Waals surface area contributed by atoms with Crippen LogP contribution >= 0.6 is 0 Å². The molecule has 0 unspecified atom stereocenters. The average Bonchev–Trinajstić information content (AvgIpc) is 2.79. The molecule has 0 radical (unpaired) electrons. The minimum atomic E-state index is -3.79. The molecular weight excluding hydrogens is 406 g/mol. The fraction of sp³-hybridized carbons (Fsp3) is 0.381. The maximum Gasteiger partial charge on any atom is 0.321 e. The van der Waals surface area contributed by atoms with Crippen molar-refractivity contribution in [2.45, 2.75) is 18.2 Å². The first kappa shape index (κ1) is 21.9. The first-order valence-corrected chi connectivity index (χ1v) is 11.2. The molecule has 2 amide bonds. The number of methoxy groups -OCH3 is 2. The lowest BCUT2D eigenvalue weighted by Gasteiger charge is -2.34. The van der Waals surface area contributed by atoms with Crippen molar-refractivity contribution < 1.29 is 22.7 Å².